The topological polar surface area (TPSA) is 54.6 Å². The number of aromatic nitrogens is 2. The fourth-order valence-corrected chi connectivity index (χ4v) is 2.92. The van der Waals surface area contributed by atoms with Crippen molar-refractivity contribution < 1.29 is 9.90 Å². The van der Waals surface area contributed by atoms with Crippen LogP contribution in [-0.4, -0.2) is 20.3 Å². The van der Waals surface area contributed by atoms with Crippen molar-refractivity contribution in [3.05, 3.63) is 76.9 Å². The third-order valence-corrected chi connectivity index (χ3v) is 4.05. The van der Waals surface area contributed by atoms with Gasteiger partial charge in [0.05, 0.1) is 21.6 Å². The molecule has 0 saturated heterocycles. The fourth-order valence-electron chi connectivity index (χ4n) is 2.67. The first-order valence-corrected chi connectivity index (χ1v) is 7.42. The van der Waals surface area contributed by atoms with Crippen molar-refractivity contribution in [2.45, 2.75) is 0 Å². The second kappa shape index (κ2) is 5.11. The van der Waals surface area contributed by atoms with E-state index in [9.17, 15) is 9.90 Å². The number of hydrogen-bond acceptors (Lipinski definition) is 3. The van der Waals surface area contributed by atoms with E-state index >= 15 is 0 Å². The number of hydrogen-bond donors (Lipinski definition) is 1. The molecule has 0 amide bonds. The van der Waals surface area contributed by atoms with Gasteiger partial charge < -0.3 is 5.11 Å². The van der Waals surface area contributed by atoms with Crippen LogP contribution in [0.5, 0.6) is 5.75 Å². The molecule has 0 aliphatic heterocycles. The number of nitrogens with zero attached hydrogens (tertiary/aromatic N) is 2. The van der Waals surface area contributed by atoms with Gasteiger partial charge in [-0.3, -0.25) is 9.20 Å². The quantitative estimate of drug-likeness (QED) is 0.566. The molecular formula is C18H11ClN2O2. The largest absolute Gasteiger partial charge is 0.507 e. The third kappa shape index (κ3) is 2.15. The van der Waals surface area contributed by atoms with Gasteiger partial charge in [-0.05, 0) is 30.3 Å². The Labute approximate surface area is 136 Å². The van der Waals surface area contributed by atoms with Crippen molar-refractivity contribution in [2.75, 3.05) is 0 Å². The van der Waals surface area contributed by atoms with Crippen LogP contribution in [0.4, 0.5) is 0 Å². The molecule has 0 fully saturated rings. The monoisotopic (exact) mass is 322 g/mol. The molecule has 112 valence electrons. The number of phenolic OH excluding ortho intramolecular Hbond substituents is 1. The van der Waals surface area contributed by atoms with E-state index in [1.54, 1.807) is 34.9 Å². The van der Waals surface area contributed by atoms with Crippen molar-refractivity contribution in [2.24, 2.45) is 0 Å². The second-order valence-corrected chi connectivity index (χ2v) is 5.62. The van der Waals surface area contributed by atoms with E-state index in [1.165, 1.54) is 6.07 Å². The molecule has 0 aliphatic rings. The van der Waals surface area contributed by atoms with Gasteiger partial charge in [0.1, 0.15) is 5.75 Å². The maximum absolute atomic E-state index is 12.7. The van der Waals surface area contributed by atoms with Gasteiger partial charge in [-0.2, -0.15) is 0 Å². The molecule has 0 radical (unpaired) electrons. The SMILES string of the molecule is O=C(c1cc(Cl)c2nc3ccccc3n2c1)c1ccccc1O. The van der Waals surface area contributed by atoms with Crippen molar-refractivity contribution >= 4 is 34.1 Å². The molecule has 0 aliphatic carbocycles. The highest BCUT2D eigenvalue weighted by molar-refractivity contribution is 6.34. The van der Waals surface area contributed by atoms with Crippen LogP contribution in [-0.2, 0) is 0 Å². The Bertz CT molecular complexity index is 1070. The number of benzene rings is 2. The summed E-state index contributed by atoms with van der Waals surface area (Å²) < 4.78 is 1.80. The van der Waals surface area contributed by atoms with E-state index in [1.807, 2.05) is 24.3 Å². The summed E-state index contributed by atoms with van der Waals surface area (Å²) >= 11 is 6.31. The number of imidazole rings is 1. The molecule has 4 aromatic rings. The van der Waals surface area contributed by atoms with E-state index in [2.05, 4.69) is 4.98 Å². The molecular weight excluding hydrogens is 312 g/mol. The molecule has 0 saturated carbocycles. The van der Waals surface area contributed by atoms with Crippen molar-refractivity contribution in [1.29, 1.82) is 0 Å². The molecule has 0 unspecified atom stereocenters. The minimum Gasteiger partial charge on any atom is -0.507 e. The summed E-state index contributed by atoms with van der Waals surface area (Å²) in [5.74, 6) is -0.339. The molecule has 2 aromatic heterocycles. The van der Waals surface area contributed by atoms with Crippen LogP contribution in [0.3, 0.4) is 0 Å². The molecule has 2 aromatic carbocycles. The fraction of sp³-hybridized carbons (Fsp3) is 0. The minimum atomic E-state index is -0.287. The standard InChI is InChI=1S/C18H11ClN2O2/c19-13-9-11(17(23)12-5-1-4-8-16(12)22)10-21-15-7-3-2-6-14(15)20-18(13)21/h1-10,22H. The molecule has 0 bridgehead atoms. The van der Waals surface area contributed by atoms with Crippen LogP contribution in [0.1, 0.15) is 15.9 Å². The summed E-state index contributed by atoms with van der Waals surface area (Å²) in [6.45, 7) is 0. The van der Waals surface area contributed by atoms with Crippen LogP contribution >= 0.6 is 11.6 Å². The predicted molar refractivity (Wildman–Crippen MR) is 89.2 cm³/mol. The lowest BCUT2D eigenvalue weighted by Crippen LogP contribution is -2.03. The number of fused-ring (bicyclic) bond motifs is 3. The third-order valence-electron chi connectivity index (χ3n) is 3.77. The Morgan fingerprint density at radius 2 is 1.83 bits per heavy atom. The first kappa shape index (κ1) is 13.8. The smallest absolute Gasteiger partial charge is 0.198 e. The summed E-state index contributed by atoms with van der Waals surface area (Å²) in [5, 5.41) is 10.3. The van der Waals surface area contributed by atoms with Crippen molar-refractivity contribution in [3.8, 4) is 5.75 Å². The van der Waals surface area contributed by atoms with Crippen LogP contribution < -0.4 is 0 Å². The summed E-state index contributed by atoms with van der Waals surface area (Å²) in [4.78, 5) is 17.1. The number of pyridine rings is 1. The van der Waals surface area contributed by atoms with E-state index < -0.39 is 0 Å². The number of phenols is 1. The van der Waals surface area contributed by atoms with E-state index in [0.29, 0.717) is 16.2 Å². The Morgan fingerprint density at radius 3 is 2.65 bits per heavy atom. The highest BCUT2D eigenvalue weighted by Gasteiger charge is 2.16. The Morgan fingerprint density at radius 1 is 1.09 bits per heavy atom. The van der Waals surface area contributed by atoms with Gasteiger partial charge in [0, 0.05) is 11.8 Å². The Kier molecular flexibility index (Phi) is 3.06. The number of carbonyl (C=O) groups is 1. The summed E-state index contributed by atoms with van der Waals surface area (Å²) in [7, 11) is 0. The molecule has 2 heterocycles. The lowest BCUT2D eigenvalue weighted by molar-refractivity contribution is 0.103. The zero-order valence-corrected chi connectivity index (χ0v) is 12.7. The summed E-state index contributed by atoms with van der Waals surface area (Å²) in [6.07, 6.45) is 1.70. The molecule has 4 rings (SSSR count). The molecule has 1 N–H and O–H groups in total. The van der Waals surface area contributed by atoms with Gasteiger partial charge in [0.15, 0.2) is 11.4 Å². The molecule has 4 nitrogen and oxygen atoms in total. The van der Waals surface area contributed by atoms with Crippen molar-refractivity contribution in [1.82, 2.24) is 9.38 Å². The first-order chi connectivity index (χ1) is 11.1. The van der Waals surface area contributed by atoms with Crippen LogP contribution in [0.2, 0.25) is 5.02 Å². The normalized spacial score (nSPS) is 11.2. The molecule has 0 atom stereocenters. The van der Waals surface area contributed by atoms with E-state index in [-0.39, 0.29) is 17.1 Å². The van der Waals surface area contributed by atoms with Gasteiger partial charge >= 0.3 is 0 Å². The average Bonchev–Trinajstić information content (AvgIpc) is 2.94. The van der Waals surface area contributed by atoms with Gasteiger partial charge in [-0.15, -0.1) is 0 Å². The van der Waals surface area contributed by atoms with Gasteiger partial charge in [0.25, 0.3) is 0 Å². The average molecular weight is 323 g/mol. The molecule has 23 heavy (non-hydrogen) atoms. The van der Waals surface area contributed by atoms with Crippen molar-refractivity contribution in [3.63, 3.8) is 0 Å². The first-order valence-electron chi connectivity index (χ1n) is 7.04. The highest BCUT2D eigenvalue weighted by atomic mass is 35.5. The maximum Gasteiger partial charge on any atom is 0.198 e. The zero-order valence-electron chi connectivity index (χ0n) is 11.9. The van der Waals surface area contributed by atoms with E-state index in [0.717, 1.165) is 11.0 Å². The summed E-state index contributed by atoms with van der Waals surface area (Å²) in [6, 6.07) is 15.6. The predicted octanol–water partition coefficient (Wildman–Crippen LogP) is 4.08. The van der Waals surface area contributed by atoms with Gasteiger partial charge in [0.2, 0.25) is 0 Å². The lowest BCUT2D eigenvalue weighted by Gasteiger charge is -2.06. The highest BCUT2D eigenvalue weighted by Crippen LogP contribution is 2.26. The second-order valence-electron chi connectivity index (χ2n) is 5.22. The molecule has 0 spiro atoms. The van der Waals surface area contributed by atoms with Gasteiger partial charge in [-0.25, -0.2) is 4.98 Å². The van der Waals surface area contributed by atoms with Crippen LogP contribution in [0.25, 0.3) is 16.7 Å². The van der Waals surface area contributed by atoms with Crippen LogP contribution in [0.15, 0.2) is 60.8 Å². The number of ketones is 1. The van der Waals surface area contributed by atoms with Crippen LogP contribution in [0, 0.1) is 0 Å². The zero-order chi connectivity index (χ0) is 16.0. The molecule has 5 heteroatoms. The Hall–Kier alpha value is -2.85. The number of aromatic hydroxyl groups is 1. The number of halogens is 1. The maximum atomic E-state index is 12.7. The summed E-state index contributed by atoms with van der Waals surface area (Å²) in [5.41, 5.74) is 2.92. The Balaban J connectivity index is 1.96. The minimum absolute atomic E-state index is 0.0517. The number of rotatable bonds is 2. The lowest BCUT2D eigenvalue weighted by atomic mass is 10.0. The van der Waals surface area contributed by atoms with Gasteiger partial charge in [-0.1, -0.05) is 35.9 Å². The number of para-hydroxylation sites is 3. The number of carbonyl (C=O) groups excluding carboxylic acids is 1. The van der Waals surface area contributed by atoms with E-state index in [4.69, 9.17) is 11.6 Å².